The number of rotatable bonds is 3. The molecule has 0 aromatic heterocycles. The van der Waals surface area contributed by atoms with Gasteiger partial charge in [-0.3, -0.25) is 14.4 Å². The highest BCUT2D eigenvalue weighted by atomic mass is 16.2. The van der Waals surface area contributed by atoms with Crippen molar-refractivity contribution in [2.24, 2.45) is 11.8 Å². The average molecular weight is 421 g/mol. The molecule has 4 aliphatic rings. The van der Waals surface area contributed by atoms with Gasteiger partial charge in [0.1, 0.15) is 5.78 Å². The van der Waals surface area contributed by atoms with Crippen molar-refractivity contribution < 1.29 is 14.4 Å². The summed E-state index contributed by atoms with van der Waals surface area (Å²) in [6.07, 6.45) is 0.883. The number of anilines is 1. The highest BCUT2D eigenvalue weighted by molar-refractivity contribution is 6.25. The minimum absolute atomic E-state index is 0.0881. The van der Waals surface area contributed by atoms with E-state index in [0.717, 1.165) is 34.2 Å². The van der Waals surface area contributed by atoms with Crippen LogP contribution in [0.5, 0.6) is 0 Å². The molecule has 7 rings (SSSR count). The second-order valence-corrected chi connectivity index (χ2v) is 9.05. The van der Waals surface area contributed by atoms with Gasteiger partial charge in [-0.05, 0) is 53.3 Å². The number of carbonyl (C=O) groups excluding carboxylic acids is 3. The van der Waals surface area contributed by atoms with Crippen LogP contribution in [0.25, 0.3) is 0 Å². The third kappa shape index (κ3) is 2.10. The van der Waals surface area contributed by atoms with Gasteiger partial charge in [0.25, 0.3) is 0 Å². The quantitative estimate of drug-likeness (QED) is 0.590. The lowest BCUT2D eigenvalue weighted by Gasteiger charge is -2.52. The van der Waals surface area contributed by atoms with Crippen LogP contribution in [0.15, 0.2) is 72.8 Å². The molecule has 1 aliphatic heterocycles. The van der Waals surface area contributed by atoms with Crippen LogP contribution in [-0.4, -0.2) is 17.6 Å². The summed E-state index contributed by atoms with van der Waals surface area (Å²) in [5.74, 6) is -2.10. The van der Waals surface area contributed by atoms with Crippen LogP contribution < -0.4 is 4.90 Å². The lowest BCUT2D eigenvalue weighted by Crippen LogP contribution is -2.57. The van der Waals surface area contributed by atoms with Crippen molar-refractivity contribution in [3.63, 3.8) is 0 Å². The van der Waals surface area contributed by atoms with E-state index in [2.05, 4.69) is 6.92 Å². The minimum atomic E-state index is -1.14. The van der Waals surface area contributed by atoms with Gasteiger partial charge >= 0.3 is 0 Å². The first kappa shape index (κ1) is 19.2. The molecule has 3 aromatic rings. The van der Waals surface area contributed by atoms with Crippen molar-refractivity contribution in [2.45, 2.75) is 31.6 Å². The maximum atomic E-state index is 14.0. The summed E-state index contributed by atoms with van der Waals surface area (Å²) < 4.78 is 0. The lowest BCUT2D eigenvalue weighted by molar-refractivity contribution is -0.132. The van der Waals surface area contributed by atoms with Crippen LogP contribution in [-0.2, 0) is 26.2 Å². The predicted molar refractivity (Wildman–Crippen MR) is 121 cm³/mol. The van der Waals surface area contributed by atoms with E-state index in [0.29, 0.717) is 5.69 Å². The molecule has 1 heterocycles. The Kier molecular flexibility index (Phi) is 3.89. The summed E-state index contributed by atoms with van der Waals surface area (Å²) in [7, 11) is 0. The third-order valence-corrected chi connectivity index (χ3v) is 7.78. The molecule has 0 saturated carbocycles. The summed E-state index contributed by atoms with van der Waals surface area (Å²) in [5, 5.41) is 0. The van der Waals surface area contributed by atoms with Crippen molar-refractivity contribution in [1.82, 2.24) is 0 Å². The molecule has 158 valence electrons. The Labute approximate surface area is 186 Å². The van der Waals surface area contributed by atoms with Gasteiger partial charge in [0.05, 0.1) is 22.9 Å². The van der Waals surface area contributed by atoms with Crippen LogP contribution >= 0.6 is 0 Å². The van der Waals surface area contributed by atoms with Gasteiger partial charge in [-0.25, -0.2) is 4.90 Å². The van der Waals surface area contributed by atoms with Gasteiger partial charge in [0, 0.05) is 5.92 Å². The van der Waals surface area contributed by atoms with E-state index in [1.165, 1.54) is 4.90 Å². The summed E-state index contributed by atoms with van der Waals surface area (Å²) in [6, 6.07) is 23.3. The topological polar surface area (TPSA) is 54.5 Å². The Morgan fingerprint density at radius 3 is 1.94 bits per heavy atom. The zero-order valence-corrected chi connectivity index (χ0v) is 18.0. The van der Waals surface area contributed by atoms with E-state index in [-0.39, 0.29) is 23.5 Å². The molecule has 3 aromatic carbocycles. The fourth-order valence-electron chi connectivity index (χ4n) is 6.51. The van der Waals surface area contributed by atoms with Gasteiger partial charge in [0.15, 0.2) is 0 Å². The number of benzene rings is 3. The molecule has 0 radical (unpaired) electrons. The molecule has 0 spiro atoms. The molecule has 0 N–H and O–H groups in total. The fourth-order valence-corrected chi connectivity index (χ4v) is 6.51. The zero-order valence-electron chi connectivity index (χ0n) is 18.0. The summed E-state index contributed by atoms with van der Waals surface area (Å²) in [4.78, 5) is 42.7. The molecule has 2 amide bonds. The zero-order chi connectivity index (χ0) is 22.2. The number of amides is 2. The van der Waals surface area contributed by atoms with Crippen LogP contribution in [0, 0.1) is 11.8 Å². The van der Waals surface area contributed by atoms with Gasteiger partial charge < -0.3 is 0 Å². The number of ketones is 1. The molecular formula is C28H23NO3. The number of hydrogen-bond donors (Lipinski definition) is 0. The summed E-state index contributed by atoms with van der Waals surface area (Å²) in [5.41, 5.74) is 4.32. The molecule has 2 bridgehead atoms. The average Bonchev–Trinajstić information content (AvgIpc) is 3.09. The number of Topliss-reactive ketones (excluding diaryl/α,β-unsaturated/α-hetero) is 1. The SMILES string of the molecule is CCc1ccc(N2C(=O)[C@@H]3[C@@H](C2=O)C2c4ccccc4C3(C(C)=O)c3ccccc32)cc1. The Bertz CT molecular complexity index is 1260. The first-order chi connectivity index (χ1) is 15.5. The minimum Gasteiger partial charge on any atom is -0.299 e. The van der Waals surface area contributed by atoms with Gasteiger partial charge in [-0.2, -0.15) is 0 Å². The van der Waals surface area contributed by atoms with Gasteiger partial charge in [-0.15, -0.1) is 0 Å². The third-order valence-electron chi connectivity index (χ3n) is 7.78. The monoisotopic (exact) mass is 421 g/mol. The molecule has 4 heteroatoms. The fraction of sp³-hybridized carbons (Fsp3) is 0.250. The van der Waals surface area contributed by atoms with E-state index >= 15 is 0 Å². The number of hydrogen-bond acceptors (Lipinski definition) is 3. The summed E-state index contributed by atoms with van der Waals surface area (Å²) in [6.45, 7) is 3.63. The Morgan fingerprint density at radius 1 is 0.844 bits per heavy atom. The normalized spacial score (nSPS) is 27.2. The second-order valence-electron chi connectivity index (χ2n) is 9.05. The lowest BCUT2D eigenvalue weighted by atomic mass is 9.46. The largest absolute Gasteiger partial charge is 0.299 e. The Balaban J connectivity index is 1.63. The van der Waals surface area contributed by atoms with Gasteiger partial charge in [-0.1, -0.05) is 67.6 Å². The van der Waals surface area contributed by atoms with Crippen molar-refractivity contribution >= 4 is 23.3 Å². The van der Waals surface area contributed by atoms with E-state index in [9.17, 15) is 14.4 Å². The highest BCUT2D eigenvalue weighted by Gasteiger charge is 2.69. The molecular weight excluding hydrogens is 398 g/mol. The maximum absolute atomic E-state index is 14.0. The number of carbonyl (C=O) groups is 3. The number of imide groups is 1. The Morgan fingerprint density at radius 2 is 1.41 bits per heavy atom. The van der Waals surface area contributed by atoms with E-state index in [1.807, 2.05) is 72.8 Å². The van der Waals surface area contributed by atoms with Crippen LogP contribution in [0.2, 0.25) is 0 Å². The van der Waals surface area contributed by atoms with E-state index in [4.69, 9.17) is 0 Å². The molecule has 0 unspecified atom stereocenters. The smallest absolute Gasteiger partial charge is 0.239 e. The summed E-state index contributed by atoms with van der Waals surface area (Å²) >= 11 is 0. The first-order valence-corrected chi connectivity index (χ1v) is 11.2. The van der Waals surface area contributed by atoms with E-state index < -0.39 is 17.3 Å². The second kappa shape index (κ2) is 6.49. The van der Waals surface area contributed by atoms with E-state index in [1.54, 1.807) is 6.92 Å². The molecule has 2 atom stereocenters. The molecule has 3 aliphatic carbocycles. The first-order valence-electron chi connectivity index (χ1n) is 11.2. The molecule has 1 saturated heterocycles. The Hall–Kier alpha value is -3.53. The number of nitrogens with zero attached hydrogens (tertiary/aromatic N) is 1. The molecule has 32 heavy (non-hydrogen) atoms. The predicted octanol–water partition coefficient (Wildman–Crippen LogP) is 4.39. The molecule has 1 fully saturated rings. The van der Waals surface area contributed by atoms with Crippen molar-refractivity contribution in [1.29, 1.82) is 0 Å². The standard InChI is InChI=1S/C28H23NO3/c1-3-17-12-14-18(15-13-17)29-26(31)24-23-19-8-4-6-10-21(19)28(16(2)30,25(24)27(29)32)22-11-7-5-9-20(22)23/h4-15,23-25H,3H2,1-2H3/t23?,24-,25-,28?/m0/s1. The molecule has 4 nitrogen and oxygen atoms in total. The maximum Gasteiger partial charge on any atom is 0.239 e. The van der Waals surface area contributed by atoms with Crippen LogP contribution in [0.1, 0.15) is 47.6 Å². The highest BCUT2D eigenvalue weighted by Crippen LogP contribution is 2.64. The van der Waals surface area contributed by atoms with Crippen molar-refractivity contribution in [2.75, 3.05) is 4.90 Å². The van der Waals surface area contributed by atoms with Crippen LogP contribution in [0.3, 0.4) is 0 Å². The number of aryl methyl sites for hydroxylation is 1. The van der Waals surface area contributed by atoms with Crippen LogP contribution in [0.4, 0.5) is 5.69 Å². The van der Waals surface area contributed by atoms with Crippen molar-refractivity contribution in [3.8, 4) is 0 Å². The van der Waals surface area contributed by atoms with Crippen molar-refractivity contribution in [3.05, 3.63) is 101 Å². The van der Waals surface area contributed by atoms with Gasteiger partial charge in [0.2, 0.25) is 11.8 Å².